The summed E-state index contributed by atoms with van der Waals surface area (Å²) in [7, 11) is 0. The Morgan fingerprint density at radius 2 is 2.28 bits per heavy atom. The molecule has 3 nitrogen and oxygen atoms in total. The number of hydrogen-bond donors (Lipinski definition) is 2. The fourth-order valence-electron chi connectivity index (χ4n) is 2.72. The largest absolute Gasteiger partial charge is 0.382 e. The summed E-state index contributed by atoms with van der Waals surface area (Å²) in [6, 6.07) is 7.33. The lowest BCUT2D eigenvalue weighted by molar-refractivity contribution is 0.409. The summed E-state index contributed by atoms with van der Waals surface area (Å²) in [5.74, 6) is 0. The van der Waals surface area contributed by atoms with Crippen molar-refractivity contribution in [3.8, 4) is 0 Å². The molecule has 18 heavy (non-hydrogen) atoms. The Morgan fingerprint density at radius 1 is 1.39 bits per heavy atom. The summed E-state index contributed by atoms with van der Waals surface area (Å²) < 4.78 is 1.26. The van der Waals surface area contributed by atoms with Gasteiger partial charge in [-0.05, 0) is 50.8 Å². The maximum absolute atomic E-state index is 6.02. The number of rotatable bonds is 2. The van der Waals surface area contributed by atoms with Gasteiger partial charge < -0.3 is 11.1 Å². The standard InChI is InChI=1S/C14H19N3S/c1-9-16-13-6-5-12(8-14(13)18-9)17-11-4-2-3-10(15)7-11/h5-6,8,10-11,17H,2-4,7,15H2,1H3. The molecule has 1 fully saturated rings. The molecule has 1 saturated carbocycles. The molecule has 1 aromatic heterocycles. The van der Waals surface area contributed by atoms with Gasteiger partial charge in [-0.15, -0.1) is 11.3 Å². The molecular weight excluding hydrogens is 242 g/mol. The van der Waals surface area contributed by atoms with Gasteiger partial charge in [0.2, 0.25) is 0 Å². The predicted octanol–water partition coefficient (Wildman–Crippen LogP) is 3.29. The van der Waals surface area contributed by atoms with Gasteiger partial charge in [-0.25, -0.2) is 4.98 Å². The Balaban J connectivity index is 1.77. The summed E-state index contributed by atoms with van der Waals surface area (Å²) in [4.78, 5) is 4.48. The maximum atomic E-state index is 6.02. The summed E-state index contributed by atoms with van der Waals surface area (Å²) in [6.07, 6.45) is 4.72. The van der Waals surface area contributed by atoms with Gasteiger partial charge >= 0.3 is 0 Å². The molecule has 1 aliphatic rings. The van der Waals surface area contributed by atoms with E-state index in [4.69, 9.17) is 5.73 Å². The zero-order chi connectivity index (χ0) is 12.5. The third kappa shape index (κ3) is 2.49. The quantitative estimate of drug-likeness (QED) is 0.872. The van der Waals surface area contributed by atoms with Crippen LogP contribution in [-0.4, -0.2) is 17.1 Å². The lowest BCUT2D eigenvalue weighted by atomic mass is 9.91. The molecule has 2 atom stereocenters. The lowest BCUT2D eigenvalue weighted by Crippen LogP contribution is -2.34. The highest BCUT2D eigenvalue weighted by Crippen LogP contribution is 2.27. The SMILES string of the molecule is Cc1nc2ccc(NC3CCCC(N)C3)cc2s1. The van der Waals surface area contributed by atoms with Crippen molar-refractivity contribution >= 4 is 27.2 Å². The van der Waals surface area contributed by atoms with Gasteiger partial charge in [-0.2, -0.15) is 0 Å². The number of thiazole rings is 1. The zero-order valence-electron chi connectivity index (χ0n) is 10.6. The van der Waals surface area contributed by atoms with E-state index in [9.17, 15) is 0 Å². The fraction of sp³-hybridized carbons (Fsp3) is 0.500. The normalized spacial score (nSPS) is 24.3. The lowest BCUT2D eigenvalue weighted by Gasteiger charge is -2.28. The highest BCUT2D eigenvalue weighted by atomic mass is 32.1. The molecule has 1 aromatic carbocycles. The van der Waals surface area contributed by atoms with Gasteiger partial charge in [-0.3, -0.25) is 0 Å². The molecule has 0 saturated heterocycles. The molecule has 1 aliphatic carbocycles. The minimum Gasteiger partial charge on any atom is -0.382 e. The van der Waals surface area contributed by atoms with Crippen molar-refractivity contribution in [3.63, 3.8) is 0 Å². The van der Waals surface area contributed by atoms with Crippen LogP contribution >= 0.6 is 11.3 Å². The van der Waals surface area contributed by atoms with Crippen molar-refractivity contribution in [1.82, 2.24) is 4.98 Å². The van der Waals surface area contributed by atoms with Crippen LogP contribution in [0.4, 0.5) is 5.69 Å². The number of nitrogens with zero attached hydrogens (tertiary/aromatic N) is 1. The van der Waals surface area contributed by atoms with Gasteiger partial charge in [0.1, 0.15) is 0 Å². The van der Waals surface area contributed by atoms with Crippen LogP contribution in [0.3, 0.4) is 0 Å². The van der Waals surface area contributed by atoms with E-state index in [2.05, 4.69) is 35.4 Å². The molecule has 96 valence electrons. The number of anilines is 1. The molecule has 2 unspecified atom stereocenters. The first-order chi connectivity index (χ1) is 8.70. The molecule has 1 heterocycles. The first kappa shape index (κ1) is 11.9. The average molecular weight is 261 g/mol. The first-order valence-corrected chi connectivity index (χ1v) is 7.41. The number of aromatic nitrogens is 1. The molecule has 0 aliphatic heterocycles. The second-order valence-corrected chi connectivity index (χ2v) is 6.42. The van der Waals surface area contributed by atoms with Crippen LogP contribution in [0.5, 0.6) is 0 Å². The smallest absolute Gasteiger partial charge is 0.0907 e. The predicted molar refractivity (Wildman–Crippen MR) is 78.2 cm³/mol. The van der Waals surface area contributed by atoms with Crippen LogP contribution in [0.2, 0.25) is 0 Å². The Morgan fingerprint density at radius 3 is 3.11 bits per heavy atom. The Bertz CT molecular complexity index is 549. The van der Waals surface area contributed by atoms with Crippen LogP contribution < -0.4 is 11.1 Å². The molecular formula is C14H19N3S. The van der Waals surface area contributed by atoms with Crippen LogP contribution in [0.25, 0.3) is 10.2 Å². The monoisotopic (exact) mass is 261 g/mol. The number of fused-ring (bicyclic) bond motifs is 1. The van der Waals surface area contributed by atoms with Crippen molar-refractivity contribution in [2.24, 2.45) is 5.73 Å². The second kappa shape index (κ2) is 4.86. The molecule has 0 bridgehead atoms. The van der Waals surface area contributed by atoms with Crippen LogP contribution in [-0.2, 0) is 0 Å². The number of benzene rings is 1. The van der Waals surface area contributed by atoms with E-state index in [0.717, 1.165) is 16.9 Å². The Hall–Kier alpha value is -1.13. The van der Waals surface area contributed by atoms with Gasteiger partial charge in [-0.1, -0.05) is 0 Å². The fourth-order valence-corrected chi connectivity index (χ4v) is 3.59. The van der Waals surface area contributed by atoms with E-state index < -0.39 is 0 Å². The number of aryl methyl sites for hydroxylation is 1. The third-order valence-corrected chi connectivity index (χ3v) is 4.51. The molecule has 3 rings (SSSR count). The van der Waals surface area contributed by atoms with Crippen LogP contribution in [0, 0.1) is 6.92 Å². The summed E-state index contributed by atoms with van der Waals surface area (Å²) in [5.41, 5.74) is 8.32. The van der Waals surface area contributed by atoms with Gasteiger partial charge in [0.05, 0.1) is 15.2 Å². The first-order valence-electron chi connectivity index (χ1n) is 6.60. The van der Waals surface area contributed by atoms with E-state index in [1.54, 1.807) is 11.3 Å². The Kier molecular flexibility index (Phi) is 3.22. The van der Waals surface area contributed by atoms with E-state index in [1.165, 1.54) is 29.6 Å². The van der Waals surface area contributed by atoms with Crippen LogP contribution in [0.1, 0.15) is 30.7 Å². The number of nitrogens with one attached hydrogen (secondary N) is 1. The highest BCUT2D eigenvalue weighted by Gasteiger charge is 2.18. The van der Waals surface area contributed by atoms with Crippen molar-refractivity contribution in [1.29, 1.82) is 0 Å². The topological polar surface area (TPSA) is 50.9 Å². The van der Waals surface area contributed by atoms with Gasteiger partial charge in [0.15, 0.2) is 0 Å². The molecule has 0 radical (unpaired) electrons. The summed E-state index contributed by atoms with van der Waals surface area (Å²) in [5, 5.41) is 4.74. The van der Waals surface area contributed by atoms with Crippen LogP contribution in [0.15, 0.2) is 18.2 Å². The molecule has 4 heteroatoms. The van der Waals surface area contributed by atoms with E-state index in [-0.39, 0.29) is 0 Å². The van der Waals surface area contributed by atoms with E-state index >= 15 is 0 Å². The van der Waals surface area contributed by atoms with Gasteiger partial charge in [0.25, 0.3) is 0 Å². The maximum Gasteiger partial charge on any atom is 0.0907 e. The van der Waals surface area contributed by atoms with Crippen molar-refractivity contribution in [3.05, 3.63) is 23.2 Å². The third-order valence-electron chi connectivity index (χ3n) is 3.58. The minimum atomic E-state index is 0.366. The Labute approximate surface area is 111 Å². The van der Waals surface area contributed by atoms with Crippen molar-refractivity contribution in [2.75, 3.05) is 5.32 Å². The number of hydrogen-bond acceptors (Lipinski definition) is 4. The van der Waals surface area contributed by atoms with Crippen molar-refractivity contribution in [2.45, 2.75) is 44.7 Å². The minimum absolute atomic E-state index is 0.366. The molecule has 3 N–H and O–H groups in total. The van der Waals surface area contributed by atoms with E-state index in [0.29, 0.717) is 12.1 Å². The molecule has 0 spiro atoms. The highest BCUT2D eigenvalue weighted by molar-refractivity contribution is 7.18. The van der Waals surface area contributed by atoms with E-state index in [1.807, 2.05) is 0 Å². The number of nitrogens with two attached hydrogens (primary N) is 1. The van der Waals surface area contributed by atoms with Gasteiger partial charge in [0, 0.05) is 17.8 Å². The molecule has 0 amide bonds. The zero-order valence-corrected chi connectivity index (χ0v) is 11.5. The average Bonchev–Trinajstić information content (AvgIpc) is 2.68. The summed E-state index contributed by atoms with van der Waals surface area (Å²) in [6.45, 7) is 2.05. The molecule has 2 aromatic rings. The second-order valence-electron chi connectivity index (χ2n) is 5.18. The summed E-state index contributed by atoms with van der Waals surface area (Å²) >= 11 is 1.75. The van der Waals surface area contributed by atoms with Crippen molar-refractivity contribution < 1.29 is 0 Å².